The van der Waals surface area contributed by atoms with Gasteiger partial charge in [0.15, 0.2) is 7.28 Å². The minimum atomic E-state index is -0.895. The number of hydrogen-bond donors (Lipinski definition) is 2. The van der Waals surface area contributed by atoms with Crippen LogP contribution in [0.3, 0.4) is 0 Å². The summed E-state index contributed by atoms with van der Waals surface area (Å²) in [5.41, 5.74) is 4.57. The van der Waals surface area contributed by atoms with Gasteiger partial charge in [-0.3, -0.25) is 4.79 Å². The van der Waals surface area contributed by atoms with E-state index in [0.717, 1.165) is 68.2 Å². The maximum atomic E-state index is 13.7. The van der Waals surface area contributed by atoms with Crippen molar-refractivity contribution in [1.82, 2.24) is 10.2 Å². The van der Waals surface area contributed by atoms with Gasteiger partial charge in [-0.15, -0.1) is 0 Å². The average Bonchev–Trinajstić information content (AvgIpc) is 3.63. The Hall–Kier alpha value is -2.18. The topological polar surface area (TPSA) is 52.6 Å². The van der Waals surface area contributed by atoms with Gasteiger partial charge < -0.3 is 15.3 Å². The number of hydrogen-bond acceptors (Lipinski definition) is 3. The predicted molar refractivity (Wildman–Crippen MR) is 123 cm³/mol. The molecule has 1 unspecified atom stereocenters. The molecule has 1 aliphatic heterocycles. The zero-order valence-corrected chi connectivity index (χ0v) is 18.5. The molecule has 4 nitrogen and oxygen atoms in total. The maximum absolute atomic E-state index is 13.7. The Morgan fingerprint density at radius 3 is 2.74 bits per heavy atom. The molecule has 2 aromatic rings. The molecule has 1 saturated carbocycles. The van der Waals surface area contributed by atoms with Gasteiger partial charge in [-0.25, -0.2) is 4.39 Å². The fraction of sp³-hybridized carbons (Fsp3) is 0.480. The summed E-state index contributed by atoms with van der Waals surface area (Å²) in [5.74, 6) is -0.0454. The molecule has 0 aromatic heterocycles. The van der Waals surface area contributed by atoms with E-state index < -0.39 is 6.10 Å². The van der Waals surface area contributed by atoms with Crippen LogP contribution in [0.25, 0.3) is 0 Å². The summed E-state index contributed by atoms with van der Waals surface area (Å²) in [6.45, 7) is 6.43. The number of benzene rings is 2. The summed E-state index contributed by atoms with van der Waals surface area (Å²) < 4.78 is 13.7. The Balaban J connectivity index is 1.63. The first-order valence-corrected chi connectivity index (χ1v) is 11.5. The molecule has 0 radical (unpaired) electrons. The van der Waals surface area contributed by atoms with Gasteiger partial charge >= 0.3 is 0 Å². The lowest BCUT2D eigenvalue weighted by molar-refractivity contribution is -0.137. The van der Waals surface area contributed by atoms with Crippen molar-refractivity contribution in [3.05, 3.63) is 64.5 Å². The van der Waals surface area contributed by atoms with Gasteiger partial charge in [0.05, 0.1) is 5.92 Å². The molecule has 0 bridgehead atoms. The van der Waals surface area contributed by atoms with Crippen molar-refractivity contribution in [2.24, 2.45) is 5.92 Å². The van der Waals surface area contributed by atoms with Crippen molar-refractivity contribution in [2.45, 2.75) is 58.1 Å². The summed E-state index contributed by atoms with van der Waals surface area (Å²) in [5, 5.41) is 14.4. The fourth-order valence-electron chi connectivity index (χ4n) is 4.73. The Labute approximate surface area is 185 Å². The second-order valence-electron chi connectivity index (χ2n) is 9.02. The highest BCUT2D eigenvalue weighted by Crippen LogP contribution is 2.32. The lowest BCUT2D eigenvalue weighted by atomic mass is 9.69. The maximum Gasteiger partial charge on any atom is 0.227 e. The van der Waals surface area contributed by atoms with Gasteiger partial charge in [0.1, 0.15) is 11.9 Å². The van der Waals surface area contributed by atoms with Crippen molar-refractivity contribution in [3.63, 3.8) is 0 Å². The van der Waals surface area contributed by atoms with Crippen molar-refractivity contribution in [3.8, 4) is 0 Å². The van der Waals surface area contributed by atoms with E-state index in [-0.39, 0.29) is 17.6 Å². The number of halogens is 1. The third kappa shape index (κ3) is 5.02. The van der Waals surface area contributed by atoms with E-state index in [1.165, 1.54) is 12.1 Å². The molecule has 2 fully saturated rings. The second-order valence-corrected chi connectivity index (χ2v) is 9.02. The molecular formula is C25H32BFN2O2. The Bertz CT molecular complexity index is 941. The molecular weight excluding hydrogens is 390 g/mol. The molecule has 164 valence electrons. The molecule has 6 heteroatoms. The van der Waals surface area contributed by atoms with Crippen LogP contribution in [-0.4, -0.2) is 42.3 Å². The summed E-state index contributed by atoms with van der Waals surface area (Å²) in [4.78, 5) is 15.3. The molecule has 1 aliphatic carbocycles. The lowest BCUT2D eigenvalue weighted by Gasteiger charge is -2.30. The number of aliphatic hydroxyl groups excluding tert-OH is 1. The highest BCUT2D eigenvalue weighted by Gasteiger charge is 2.36. The predicted octanol–water partition coefficient (Wildman–Crippen LogP) is 2.82. The molecule has 1 saturated heterocycles. The number of carbonyl (C=O) groups excluding carboxylic acids is 1. The molecule has 1 heterocycles. The largest absolute Gasteiger partial charge is 0.384 e. The molecule has 4 rings (SSSR count). The number of rotatable bonds is 7. The van der Waals surface area contributed by atoms with Crippen LogP contribution < -0.4 is 10.8 Å². The highest BCUT2D eigenvalue weighted by atomic mass is 19.1. The Morgan fingerprint density at radius 1 is 1.29 bits per heavy atom. The normalized spacial score (nSPS) is 19.7. The number of nitrogens with zero attached hydrogens (tertiary/aromatic N) is 1. The summed E-state index contributed by atoms with van der Waals surface area (Å²) in [6, 6.07) is 10.7. The Kier molecular flexibility index (Phi) is 6.78. The third-order valence-electron chi connectivity index (χ3n) is 6.72. The fourth-order valence-corrected chi connectivity index (χ4v) is 4.73. The van der Waals surface area contributed by atoms with Crippen LogP contribution in [0.15, 0.2) is 36.4 Å². The highest BCUT2D eigenvalue weighted by molar-refractivity contribution is 6.52. The van der Waals surface area contributed by atoms with Crippen LogP contribution in [0.5, 0.6) is 0 Å². The third-order valence-corrected chi connectivity index (χ3v) is 6.72. The van der Waals surface area contributed by atoms with Gasteiger partial charge in [-0.1, -0.05) is 42.1 Å². The molecule has 0 spiro atoms. The molecule has 31 heavy (non-hydrogen) atoms. The molecule has 2 aromatic carbocycles. The van der Waals surface area contributed by atoms with E-state index in [2.05, 4.69) is 23.1 Å². The van der Waals surface area contributed by atoms with E-state index in [9.17, 15) is 14.3 Å². The first-order chi connectivity index (χ1) is 15.0. The van der Waals surface area contributed by atoms with Crippen molar-refractivity contribution in [1.29, 1.82) is 0 Å². The Morgan fingerprint density at radius 2 is 2.10 bits per heavy atom. The molecule has 2 atom stereocenters. The zero-order valence-electron chi connectivity index (χ0n) is 18.5. The minimum absolute atomic E-state index is 0.0581. The van der Waals surface area contributed by atoms with Gasteiger partial charge in [0.2, 0.25) is 5.91 Å². The number of amides is 1. The van der Waals surface area contributed by atoms with Crippen LogP contribution in [0, 0.1) is 18.7 Å². The van der Waals surface area contributed by atoms with Gasteiger partial charge in [-0.2, -0.15) is 0 Å². The van der Waals surface area contributed by atoms with E-state index in [1.54, 1.807) is 12.1 Å². The first-order valence-electron chi connectivity index (χ1n) is 11.5. The average molecular weight is 422 g/mol. The van der Waals surface area contributed by atoms with Crippen molar-refractivity contribution >= 4 is 18.6 Å². The SMILES string of the molecule is CBc1cc(CN(C(=O)[C@@H]2CCCNC2)C2CC2)cc(C(O)c2cccc(F)c2)c1C. The van der Waals surface area contributed by atoms with Crippen LogP contribution in [0.1, 0.15) is 54.0 Å². The van der Waals surface area contributed by atoms with Crippen LogP contribution in [0.2, 0.25) is 6.82 Å². The van der Waals surface area contributed by atoms with Crippen LogP contribution >= 0.6 is 0 Å². The van der Waals surface area contributed by atoms with Gasteiger partial charge in [0.25, 0.3) is 0 Å². The van der Waals surface area contributed by atoms with Crippen molar-refractivity contribution < 1.29 is 14.3 Å². The quantitative estimate of drug-likeness (QED) is 0.675. The molecule has 2 N–H and O–H groups in total. The summed E-state index contributed by atoms with van der Waals surface area (Å²) in [7, 11) is 0.840. The lowest BCUT2D eigenvalue weighted by Crippen LogP contribution is -2.43. The standard InChI is InChI=1S/C25H32BFN2O2/c1-16-22(24(30)18-5-3-7-20(27)13-18)11-17(12-23(16)26-2)15-29(21-8-9-21)25(31)19-6-4-10-28-14-19/h3,5,7,11-13,19,21,24,26,28,30H,4,6,8-10,14-15H2,1-2H3/t19-,24?/m1/s1. The molecule has 2 aliphatic rings. The monoisotopic (exact) mass is 422 g/mol. The van der Waals surface area contributed by atoms with E-state index >= 15 is 0 Å². The van der Waals surface area contributed by atoms with E-state index in [4.69, 9.17) is 0 Å². The first kappa shape index (κ1) is 22.0. The molecule has 1 amide bonds. The minimum Gasteiger partial charge on any atom is -0.384 e. The van der Waals surface area contributed by atoms with E-state index in [0.29, 0.717) is 18.2 Å². The van der Waals surface area contributed by atoms with Crippen LogP contribution in [-0.2, 0) is 11.3 Å². The van der Waals surface area contributed by atoms with Gasteiger partial charge in [0, 0.05) is 19.1 Å². The van der Waals surface area contributed by atoms with Gasteiger partial charge in [-0.05, 0) is 68.0 Å². The summed E-state index contributed by atoms with van der Waals surface area (Å²) >= 11 is 0. The number of piperidine rings is 1. The zero-order chi connectivity index (χ0) is 22.0. The number of nitrogens with one attached hydrogen (secondary N) is 1. The number of carbonyl (C=O) groups is 1. The second kappa shape index (κ2) is 9.53. The smallest absolute Gasteiger partial charge is 0.227 e. The van der Waals surface area contributed by atoms with Crippen molar-refractivity contribution in [2.75, 3.05) is 13.1 Å². The number of aliphatic hydroxyl groups is 1. The summed E-state index contributed by atoms with van der Waals surface area (Å²) in [6.07, 6.45) is 3.23. The van der Waals surface area contributed by atoms with E-state index in [1.807, 2.05) is 13.0 Å². The van der Waals surface area contributed by atoms with Crippen LogP contribution in [0.4, 0.5) is 4.39 Å².